The number of alkyl halides is 1. The van der Waals surface area contributed by atoms with Gasteiger partial charge in [-0.2, -0.15) is 0 Å². The van der Waals surface area contributed by atoms with Crippen molar-refractivity contribution in [2.45, 2.75) is 17.7 Å². The van der Waals surface area contributed by atoms with Crippen LogP contribution in [0.5, 0.6) is 5.75 Å². The number of carbonyl (C=O) groups is 1. The average Bonchev–Trinajstić information content (AvgIpc) is 2.77. The van der Waals surface area contributed by atoms with Crippen LogP contribution in [-0.4, -0.2) is 16.9 Å². The Morgan fingerprint density at radius 2 is 1.95 bits per heavy atom. The van der Waals surface area contributed by atoms with E-state index in [1.807, 2.05) is 24.3 Å². The van der Waals surface area contributed by atoms with E-state index in [1.165, 1.54) is 0 Å². The van der Waals surface area contributed by atoms with Gasteiger partial charge in [0.15, 0.2) is 5.78 Å². The van der Waals surface area contributed by atoms with Gasteiger partial charge in [-0.1, -0.05) is 23.9 Å². The summed E-state index contributed by atoms with van der Waals surface area (Å²) in [5, 5.41) is 9.50. The monoisotopic (exact) mass is 302 g/mol. The van der Waals surface area contributed by atoms with E-state index in [0.717, 1.165) is 33.3 Å². The van der Waals surface area contributed by atoms with Crippen molar-refractivity contribution >= 4 is 17.5 Å². The molecule has 0 saturated heterocycles. The Hall–Kier alpha value is -1.81. The molecule has 0 saturated carbocycles. The smallest absolute Gasteiger partial charge is 0.166 e. The first-order chi connectivity index (χ1) is 10.2. The van der Waals surface area contributed by atoms with E-state index in [4.69, 9.17) is 0 Å². The van der Waals surface area contributed by atoms with E-state index in [9.17, 15) is 14.3 Å². The van der Waals surface area contributed by atoms with Crippen LogP contribution < -0.4 is 0 Å². The van der Waals surface area contributed by atoms with Gasteiger partial charge in [0.2, 0.25) is 0 Å². The molecule has 0 radical (unpaired) electrons. The van der Waals surface area contributed by atoms with E-state index < -0.39 is 6.01 Å². The van der Waals surface area contributed by atoms with Crippen LogP contribution in [0.2, 0.25) is 0 Å². The molecule has 1 atom stereocenters. The number of rotatable bonds is 4. The number of benzene rings is 2. The quantitative estimate of drug-likeness (QED) is 0.867. The largest absolute Gasteiger partial charge is 0.508 e. The van der Waals surface area contributed by atoms with Gasteiger partial charge >= 0.3 is 0 Å². The summed E-state index contributed by atoms with van der Waals surface area (Å²) in [5.74, 6) is 0.281. The Balaban J connectivity index is 1.73. The lowest BCUT2D eigenvalue weighted by molar-refractivity contribution is 0.0936. The van der Waals surface area contributed by atoms with Crippen molar-refractivity contribution in [3.8, 4) is 5.75 Å². The minimum absolute atomic E-state index is 0.0681. The Labute approximate surface area is 127 Å². The summed E-state index contributed by atoms with van der Waals surface area (Å²) in [6, 6.07) is 12.2. The molecule has 0 spiro atoms. The van der Waals surface area contributed by atoms with Gasteiger partial charge < -0.3 is 5.11 Å². The van der Waals surface area contributed by atoms with Crippen molar-refractivity contribution in [2.24, 2.45) is 5.92 Å². The second kappa shape index (κ2) is 5.90. The fraction of sp³-hybridized carbons (Fsp3) is 0.235. The van der Waals surface area contributed by atoms with Crippen LogP contribution in [0.15, 0.2) is 47.4 Å². The van der Waals surface area contributed by atoms with Crippen LogP contribution in [0, 0.1) is 5.92 Å². The van der Waals surface area contributed by atoms with E-state index in [2.05, 4.69) is 0 Å². The number of carbonyl (C=O) groups excluding carboxylic acids is 1. The number of halogens is 1. The third-order valence-electron chi connectivity index (χ3n) is 3.82. The molecule has 1 unspecified atom stereocenters. The van der Waals surface area contributed by atoms with E-state index in [1.54, 1.807) is 18.2 Å². The zero-order chi connectivity index (χ0) is 14.8. The van der Waals surface area contributed by atoms with Crippen molar-refractivity contribution in [1.29, 1.82) is 0 Å². The van der Waals surface area contributed by atoms with Crippen LogP contribution in [0.4, 0.5) is 4.39 Å². The molecule has 4 heteroatoms. The molecule has 0 aromatic heterocycles. The number of ketones is 1. The van der Waals surface area contributed by atoms with Gasteiger partial charge in [-0.25, -0.2) is 4.39 Å². The molecule has 1 aliphatic carbocycles. The average molecular weight is 302 g/mol. The van der Waals surface area contributed by atoms with Gasteiger partial charge in [-0.15, -0.1) is 0 Å². The Bertz CT molecular complexity index is 667. The van der Waals surface area contributed by atoms with Gasteiger partial charge in [-0.05, 0) is 54.3 Å². The molecule has 3 rings (SSSR count). The fourth-order valence-electron chi connectivity index (χ4n) is 2.80. The standard InChI is InChI=1S/C17H15FO2S/c18-10-21-15-4-1-11(2-5-15)7-13-8-12-9-14(19)3-6-16(12)17(13)20/h1-6,9,13,19H,7-8,10H2. The first-order valence-electron chi connectivity index (χ1n) is 6.81. The summed E-state index contributed by atoms with van der Waals surface area (Å²) in [4.78, 5) is 13.2. The highest BCUT2D eigenvalue weighted by Gasteiger charge is 2.30. The molecule has 0 bridgehead atoms. The topological polar surface area (TPSA) is 37.3 Å². The zero-order valence-corrected chi connectivity index (χ0v) is 12.2. The maximum atomic E-state index is 12.3. The fourth-order valence-corrected chi connectivity index (χ4v) is 3.26. The number of fused-ring (bicyclic) bond motifs is 1. The van der Waals surface area contributed by atoms with Crippen LogP contribution in [0.1, 0.15) is 21.5 Å². The second-order valence-corrected chi connectivity index (χ2v) is 6.19. The summed E-state index contributed by atoms with van der Waals surface area (Å²) in [5.41, 5.74) is 2.73. The van der Waals surface area contributed by atoms with E-state index >= 15 is 0 Å². The van der Waals surface area contributed by atoms with Gasteiger partial charge in [0.25, 0.3) is 0 Å². The first-order valence-corrected chi connectivity index (χ1v) is 7.80. The molecule has 0 heterocycles. The molecule has 2 nitrogen and oxygen atoms in total. The van der Waals surface area contributed by atoms with E-state index in [-0.39, 0.29) is 17.5 Å². The number of hydrogen-bond acceptors (Lipinski definition) is 3. The number of Topliss-reactive ketones (excluding diaryl/α,β-unsaturated/α-hetero) is 1. The summed E-state index contributed by atoms with van der Waals surface area (Å²) in [6.07, 6.45) is 1.35. The molecule has 2 aromatic rings. The maximum absolute atomic E-state index is 12.3. The lowest BCUT2D eigenvalue weighted by Gasteiger charge is -2.08. The highest BCUT2D eigenvalue weighted by molar-refractivity contribution is 7.99. The highest BCUT2D eigenvalue weighted by Crippen LogP contribution is 2.31. The van der Waals surface area contributed by atoms with Crippen LogP contribution in [0.25, 0.3) is 0 Å². The Morgan fingerprint density at radius 3 is 2.67 bits per heavy atom. The number of aromatic hydroxyl groups is 1. The lowest BCUT2D eigenvalue weighted by Crippen LogP contribution is -2.12. The molecule has 1 aliphatic rings. The van der Waals surface area contributed by atoms with Gasteiger partial charge in [0.1, 0.15) is 11.8 Å². The lowest BCUT2D eigenvalue weighted by atomic mass is 9.96. The van der Waals surface area contributed by atoms with Gasteiger partial charge in [0, 0.05) is 16.4 Å². The van der Waals surface area contributed by atoms with Crippen molar-refractivity contribution in [3.63, 3.8) is 0 Å². The molecule has 2 aromatic carbocycles. The highest BCUT2D eigenvalue weighted by atomic mass is 32.2. The summed E-state index contributed by atoms with van der Waals surface area (Å²) in [6.45, 7) is 0. The van der Waals surface area contributed by atoms with Gasteiger partial charge in [-0.3, -0.25) is 4.79 Å². The molecule has 21 heavy (non-hydrogen) atoms. The normalized spacial score (nSPS) is 17.0. The summed E-state index contributed by atoms with van der Waals surface area (Å²) in [7, 11) is 0. The summed E-state index contributed by atoms with van der Waals surface area (Å²) < 4.78 is 12.2. The van der Waals surface area contributed by atoms with Crippen LogP contribution in [-0.2, 0) is 12.8 Å². The second-order valence-electron chi connectivity index (χ2n) is 5.21. The number of phenolic OH excluding ortho intramolecular Hbond substituents is 1. The van der Waals surface area contributed by atoms with Gasteiger partial charge in [0.05, 0.1) is 0 Å². The molecular weight excluding hydrogens is 287 g/mol. The number of hydrogen-bond donors (Lipinski definition) is 1. The zero-order valence-electron chi connectivity index (χ0n) is 11.4. The molecule has 0 aliphatic heterocycles. The Morgan fingerprint density at radius 1 is 1.19 bits per heavy atom. The molecular formula is C17H15FO2S. The Kier molecular flexibility index (Phi) is 3.97. The van der Waals surface area contributed by atoms with Crippen molar-refractivity contribution in [3.05, 3.63) is 59.2 Å². The van der Waals surface area contributed by atoms with Crippen LogP contribution >= 0.6 is 11.8 Å². The van der Waals surface area contributed by atoms with Crippen LogP contribution in [0.3, 0.4) is 0 Å². The maximum Gasteiger partial charge on any atom is 0.166 e. The SMILES string of the molecule is O=C1c2ccc(O)cc2CC1Cc1ccc(SCF)cc1. The minimum Gasteiger partial charge on any atom is -0.508 e. The number of thioether (sulfide) groups is 1. The third-order valence-corrected chi connectivity index (χ3v) is 4.53. The summed E-state index contributed by atoms with van der Waals surface area (Å²) >= 11 is 1.16. The first kappa shape index (κ1) is 14.1. The van der Waals surface area contributed by atoms with Crippen molar-refractivity contribution < 1.29 is 14.3 Å². The van der Waals surface area contributed by atoms with Crippen molar-refractivity contribution in [2.75, 3.05) is 6.01 Å². The molecule has 1 N–H and O–H groups in total. The van der Waals surface area contributed by atoms with E-state index in [0.29, 0.717) is 12.8 Å². The molecule has 0 fully saturated rings. The van der Waals surface area contributed by atoms with Crippen molar-refractivity contribution in [1.82, 2.24) is 0 Å². The third kappa shape index (κ3) is 2.95. The predicted molar refractivity (Wildman–Crippen MR) is 81.6 cm³/mol. The predicted octanol–water partition coefficient (Wildman–Crippen LogP) is 4.01. The number of phenols is 1. The minimum atomic E-state index is -0.431. The molecule has 0 amide bonds. The molecule has 108 valence electrons.